The zero-order valence-electron chi connectivity index (χ0n) is 21.3. The zero-order valence-corrected chi connectivity index (χ0v) is 23.8. The first-order chi connectivity index (χ1) is 20.1. The van der Waals surface area contributed by atoms with Crippen LogP contribution in [0.1, 0.15) is 32.8 Å². The molecule has 1 atom stereocenters. The Balaban J connectivity index is 1.51. The first kappa shape index (κ1) is 32.2. The van der Waals surface area contributed by atoms with Crippen molar-refractivity contribution in [2.45, 2.75) is 24.8 Å². The number of thiocarbonyl (C=S) groups is 1. The van der Waals surface area contributed by atoms with Crippen molar-refractivity contribution in [3.63, 3.8) is 0 Å². The molecule has 0 spiro atoms. The quantitative estimate of drug-likeness (QED) is 0.140. The summed E-state index contributed by atoms with van der Waals surface area (Å²) in [6.45, 7) is -0.634. The Kier molecular flexibility index (Phi) is 9.34. The fraction of sp³-hybridized carbons (Fsp3) is 0.185. The van der Waals surface area contributed by atoms with E-state index in [4.69, 9.17) is 17.3 Å². The Hall–Kier alpha value is -3.73. The molecule has 2 aromatic carbocycles. The Labute approximate surface area is 252 Å². The van der Waals surface area contributed by atoms with Crippen LogP contribution in [-0.4, -0.2) is 49.9 Å². The molecule has 4 rings (SSSR count). The van der Waals surface area contributed by atoms with Gasteiger partial charge >= 0.3 is 18.3 Å². The fourth-order valence-corrected chi connectivity index (χ4v) is 6.30. The summed E-state index contributed by atoms with van der Waals surface area (Å²) in [6.07, 6.45) is -9.01. The third-order valence-electron chi connectivity index (χ3n) is 6.05. The number of hydrogen-bond donors (Lipinski definition) is 3. The van der Waals surface area contributed by atoms with E-state index in [1.54, 1.807) is 0 Å². The predicted octanol–water partition coefficient (Wildman–Crippen LogP) is 6.74. The van der Waals surface area contributed by atoms with Gasteiger partial charge in [0.25, 0.3) is 5.91 Å². The molecule has 0 saturated carbocycles. The van der Waals surface area contributed by atoms with E-state index in [1.807, 2.05) is 0 Å². The molecule has 1 aliphatic rings. The van der Waals surface area contributed by atoms with Crippen molar-refractivity contribution in [1.29, 1.82) is 0 Å². The molecule has 0 radical (unpaired) electrons. The second-order valence-electron chi connectivity index (χ2n) is 9.06. The number of carbonyl (C=O) groups excluding carboxylic acids is 2. The maximum Gasteiger partial charge on any atom is 0.416 e. The fourth-order valence-electron chi connectivity index (χ4n) is 3.98. The highest BCUT2D eigenvalue weighted by Gasteiger charge is 2.39. The number of nitrogens with one attached hydrogen (secondary N) is 1. The van der Waals surface area contributed by atoms with Gasteiger partial charge in [0.1, 0.15) is 4.32 Å². The van der Waals surface area contributed by atoms with Gasteiger partial charge in [-0.05, 0) is 71.1 Å². The molecule has 0 bridgehead atoms. The van der Waals surface area contributed by atoms with Gasteiger partial charge in [-0.3, -0.25) is 14.5 Å². The highest BCUT2D eigenvalue weighted by atomic mass is 32.2. The molecular weight excluding hydrogens is 642 g/mol. The number of alkyl halides is 6. The average molecular weight is 661 g/mol. The van der Waals surface area contributed by atoms with E-state index in [-0.39, 0.29) is 44.1 Å². The minimum absolute atomic E-state index is 0.00864. The van der Waals surface area contributed by atoms with E-state index in [0.717, 1.165) is 28.0 Å². The molecule has 16 heteroatoms. The summed E-state index contributed by atoms with van der Waals surface area (Å²) in [6, 6.07) is 6.84. The minimum Gasteiger partial charge on any atom is -0.478 e. The summed E-state index contributed by atoms with van der Waals surface area (Å²) in [7, 11) is 0. The summed E-state index contributed by atoms with van der Waals surface area (Å²) < 4.78 is 79.7. The lowest BCUT2D eigenvalue weighted by Gasteiger charge is -2.24. The molecule has 226 valence electrons. The number of hydrogen-bond acceptors (Lipinski definition) is 7. The van der Waals surface area contributed by atoms with Gasteiger partial charge in [0, 0.05) is 10.6 Å². The number of rotatable bonds is 8. The van der Waals surface area contributed by atoms with Gasteiger partial charge in [-0.1, -0.05) is 24.0 Å². The van der Waals surface area contributed by atoms with Crippen LogP contribution in [-0.2, 0) is 21.9 Å². The molecule has 0 aliphatic carbocycles. The van der Waals surface area contributed by atoms with Gasteiger partial charge < -0.3 is 15.5 Å². The normalized spacial score (nSPS) is 15.7. The lowest BCUT2D eigenvalue weighted by atomic mass is 10.0. The van der Waals surface area contributed by atoms with E-state index in [1.165, 1.54) is 41.8 Å². The van der Waals surface area contributed by atoms with E-state index >= 15 is 0 Å². The summed E-state index contributed by atoms with van der Waals surface area (Å²) in [5.41, 5.74) is -2.85. The van der Waals surface area contributed by atoms with Crippen LogP contribution in [0.15, 0.2) is 58.8 Å². The van der Waals surface area contributed by atoms with Crippen LogP contribution >= 0.6 is 35.3 Å². The van der Waals surface area contributed by atoms with Gasteiger partial charge in [0.05, 0.1) is 40.7 Å². The Bertz CT molecular complexity index is 1580. The standard InChI is InChI=1S/C27H18F6N2O5S3/c28-26(29,30)16-5-14(6-17(8-16)27(31,32)33)15-7-20(42-12-15)10-21-23(38)35(25(41)43-21)19(11-36)9-22(37)34-18-3-1-13(2-4-18)24(39)40/h1-8,10,12,19,36H,9,11H2,(H,34,37)(H,39,40)/b21-10-. The second-order valence-corrected chi connectivity index (χ2v) is 11.7. The highest BCUT2D eigenvalue weighted by Crippen LogP contribution is 2.40. The lowest BCUT2D eigenvalue weighted by molar-refractivity contribution is -0.143. The molecule has 1 fully saturated rings. The van der Waals surface area contributed by atoms with Crippen LogP contribution in [0.25, 0.3) is 17.2 Å². The number of aliphatic hydroxyl groups is 1. The molecule has 3 N–H and O–H groups in total. The maximum absolute atomic E-state index is 13.3. The van der Waals surface area contributed by atoms with Crippen molar-refractivity contribution in [2.75, 3.05) is 11.9 Å². The number of thioether (sulfide) groups is 1. The first-order valence-corrected chi connectivity index (χ1v) is 14.1. The maximum atomic E-state index is 13.3. The molecule has 1 aliphatic heterocycles. The van der Waals surface area contributed by atoms with Crippen molar-refractivity contribution in [3.8, 4) is 11.1 Å². The molecule has 2 amide bonds. The summed E-state index contributed by atoms with van der Waals surface area (Å²) in [4.78, 5) is 38.2. The van der Waals surface area contributed by atoms with Crippen LogP contribution < -0.4 is 5.32 Å². The smallest absolute Gasteiger partial charge is 0.416 e. The monoisotopic (exact) mass is 660 g/mol. The first-order valence-electron chi connectivity index (χ1n) is 12.0. The van der Waals surface area contributed by atoms with Crippen LogP contribution in [0, 0.1) is 0 Å². The highest BCUT2D eigenvalue weighted by molar-refractivity contribution is 8.26. The van der Waals surface area contributed by atoms with E-state index in [9.17, 15) is 45.8 Å². The zero-order chi connectivity index (χ0) is 31.7. The average Bonchev–Trinajstić information content (AvgIpc) is 3.50. The number of halogens is 6. The number of carbonyl (C=O) groups is 3. The number of thiophene rings is 1. The molecule has 1 aromatic heterocycles. The van der Waals surface area contributed by atoms with Crippen LogP contribution in [0.3, 0.4) is 0 Å². The number of aliphatic hydroxyl groups excluding tert-OH is 1. The van der Waals surface area contributed by atoms with Gasteiger partial charge in [0.2, 0.25) is 5.91 Å². The van der Waals surface area contributed by atoms with E-state index in [0.29, 0.717) is 17.0 Å². The number of benzene rings is 2. The number of aromatic carboxylic acids is 1. The summed E-state index contributed by atoms with van der Waals surface area (Å²) in [5, 5.41) is 22.8. The van der Waals surface area contributed by atoms with Gasteiger partial charge in [0.15, 0.2) is 0 Å². The van der Waals surface area contributed by atoms with E-state index < -0.39 is 53.9 Å². The molecule has 7 nitrogen and oxygen atoms in total. The third kappa shape index (κ3) is 7.62. The Morgan fingerprint density at radius 3 is 2.12 bits per heavy atom. The van der Waals surface area contributed by atoms with Crippen LogP contribution in [0.5, 0.6) is 0 Å². The second kappa shape index (κ2) is 12.5. The van der Waals surface area contributed by atoms with Crippen molar-refractivity contribution >= 4 is 69.2 Å². The number of amides is 2. The van der Waals surface area contributed by atoms with Gasteiger partial charge in [-0.2, -0.15) is 26.3 Å². The SMILES string of the molecule is O=C(CC(CO)N1C(=O)/C(=C/c2cc(-c3cc(C(F)(F)F)cc(C(F)(F)F)c3)cs2)SC1=S)Nc1ccc(C(=O)O)cc1. The number of nitrogens with zero attached hydrogens (tertiary/aromatic N) is 1. The molecule has 43 heavy (non-hydrogen) atoms. The third-order valence-corrected chi connectivity index (χ3v) is 8.26. The van der Waals surface area contributed by atoms with Gasteiger partial charge in [-0.25, -0.2) is 4.79 Å². The topological polar surface area (TPSA) is 107 Å². The Morgan fingerprint density at radius 1 is 0.977 bits per heavy atom. The summed E-state index contributed by atoms with van der Waals surface area (Å²) >= 11 is 7.10. The number of anilines is 1. The summed E-state index contributed by atoms with van der Waals surface area (Å²) in [5.74, 6) is -2.39. The lowest BCUT2D eigenvalue weighted by Crippen LogP contribution is -2.43. The van der Waals surface area contributed by atoms with Crippen LogP contribution in [0.4, 0.5) is 32.0 Å². The molecule has 1 saturated heterocycles. The van der Waals surface area contributed by atoms with Crippen molar-refractivity contribution in [3.05, 3.63) is 80.4 Å². The number of carboxylic acid groups (broad SMARTS) is 1. The van der Waals surface area contributed by atoms with Crippen molar-refractivity contribution in [1.82, 2.24) is 4.90 Å². The van der Waals surface area contributed by atoms with Crippen LogP contribution in [0.2, 0.25) is 0 Å². The Morgan fingerprint density at radius 2 is 1.58 bits per heavy atom. The largest absolute Gasteiger partial charge is 0.478 e. The van der Waals surface area contributed by atoms with Gasteiger partial charge in [-0.15, -0.1) is 11.3 Å². The minimum atomic E-state index is -5.01. The van der Waals surface area contributed by atoms with Crippen molar-refractivity contribution in [2.24, 2.45) is 0 Å². The number of carboxylic acids is 1. The van der Waals surface area contributed by atoms with Crippen molar-refractivity contribution < 1.29 is 50.9 Å². The molecule has 3 aromatic rings. The molecule has 2 heterocycles. The van der Waals surface area contributed by atoms with E-state index in [2.05, 4.69) is 5.32 Å². The molecular formula is C27H18F6N2O5S3. The predicted molar refractivity (Wildman–Crippen MR) is 152 cm³/mol. The molecule has 1 unspecified atom stereocenters.